The predicted octanol–water partition coefficient (Wildman–Crippen LogP) is 1.18. The van der Waals surface area contributed by atoms with E-state index in [1.165, 1.54) is 11.9 Å². The first-order chi connectivity index (χ1) is 8.22. The summed E-state index contributed by atoms with van der Waals surface area (Å²) in [7, 11) is 2.10. The number of hydrogen-bond acceptors (Lipinski definition) is 4. The van der Waals surface area contributed by atoms with Crippen LogP contribution in [-0.2, 0) is 10.2 Å². The Hall–Kier alpha value is -1.07. The lowest BCUT2D eigenvalue weighted by atomic mass is 9.72. The molecule has 0 aromatic carbocycles. The summed E-state index contributed by atoms with van der Waals surface area (Å²) in [6, 6.07) is 1.99. The fourth-order valence-electron chi connectivity index (χ4n) is 2.65. The van der Waals surface area contributed by atoms with Crippen molar-refractivity contribution in [1.82, 2.24) is 14.6 Å². The van der Waals surface area contributed by atoms with Crippen LogP contribution in [0.15, 0.2) is 23.4 Å². The molecule has 0 atom stereocenters. The number of rotatable bonds is 0. The van der Waals surface area contributed by atoms with E-state index in [0.29, 0.717) is 0 Å². The van der Waals surface area contributed by atoms with E-state index in [1.807, 2.05) is 12.3 Å². The minimum atomic E-state index is -0.346. The molecule has 1 saturated heterocycles. The Kier molecular flexibility index (Phi) is 2.60. The topological polar surface area (TPSA) is 45.2 Å². The average Bonchev–Trinajstić information content (AvgIpc) is 2.37. The van der Waals surface area contributed by atoms with Crippen LogP contribution in [0.3, 0.4) is 0 Å². The molecule has 1 N–H and O–H groups in total. The number of fused-ring (bicyclic) bond motifs is 2. The van der Waals surface area contributed by atoms with E-state index in [2.05, 4.69) is 21.7 Å². The number of likely N-dealkylation sites (tertiary alicyclic amines) is 1. The van der Waals surface area contributed by atoms with Crippen LogP contribution in [0.5, 0.6) is 0 Å². The first-order valence-electron chi connectivity index (χ1n) is 5.83. The second-order valence-corrected chi connectivity index (χ2v) is 5.64. The van der Waals surface area contributed by atoms with Crippen molar-refractivity contribution in [2.24, 2.45) is 0 Å². The van der Waals surface area contributed by atoms with Crippen molar-refractivity contribution >= 4 is 17.9 Å². The van der Waals surface area contributed by atoms with E-state index < -0.39 is 0 Å². The van der Waals surface area contributed by atoms with Gasteiger partial charge in [0.1, 0.15) is 0 Å². The van der Waals surface area contributed by atoms with Crippen molar-refractivity contribution in [3.8, 4) is 0 Å². The summed E-state index contributed by atoms with van der Waals surface area (Å²) in [5.74, 6) is 0.149. The molecule has 0 radical (unpaired) electrons. The average molecular weight is 249 g/mol. The molecule has 0 saturated carbocycles. The monoisotopic (exact) mass is 249 g/mol. The second kappa shape index (κ2) is 3.99. The van der Waals surface area contributed by atoms with Gasteiger partial charge < -0.3 is 4.90 Å². The number of hydrogen-bond donors (Lipinski definition) is 1. The molecule has 90 valence electrons. The molecule has 2 aliphatic rings. The zero-order valence-electron chi connectivity index (χ0n) is 9.77. The molecule has 5 heteroatoms. The van der Waals surface area contributed by atoms with Crippen LogP contribution < -0.4 is 4.72 Å². The number of nitrogens with zero attached hydrogens (tertiary/aromatic N) is 2. The molecule has 17 heavy (non-hydrogen) atoms. The second-order valence-electron chi connectivity index (χ2n) is 4.79. The highest BCUT2D eigenvalue weighted by Gasteiger charge is 2.46. The zero-order valence-corrected chi connectivity index (χ0v) is 10.6. The first kappa shape index (κ1) is 11.0. The van der Waals surface area contributed by atoms with Crippen molar-refractivity contribution in [2.75, 3.05) is 20.1 Å². The lowest BCUT2D eigenvalue weighted by Gasteiger charge is -2.42. The van der Waals surface area contributed by atoms with Crippen molar-refractivity contribution < 1.29 is 4.79 Å². The largest absolute Gasteiger partial charge is 0.306 e. The third-order valence-electron chi connectivity index (χ3n) is 3.83. The van der Waals surface area contributed by atoms with Gasteiger partial charge in [0, 0.05) is 22.9 Å². The third kappa shape index (κ3) is 1.65. The summed E-state index contributed by atoms with van der Waals surface area (Å²) < 4.78 is 2.95. The number of carbonyl (C=O) groups excluding carboxylic acids is 1. The molecular weight excluding hydrogens is 234 g/mol. The lowest BCUT2D eigenvalue weighted by Crippen LogP contribution is -2.51. The molecule has 3 rings (SSSR count). The van der Waals surface area contributed by atoms with E-state index in [9.17, 15) is 4.79 Å². The van der Waals surface area contributed by atoms with Crippen molar-refractivity contribution in [2.45, 2.75) is 23.2 Å². The standard InChI is InChI=1S/C12H15N3OS/c1-15-6-3-12(4-7-15)9-8-13-5-2-10(9)17-14-11(12)16/h2,5,8H,3-4,6-7H2,1H3,(H,14,16). The molecule has 1 aromatic heterocycles. The van der Waals surface area contributed by atoms with Gasteiger partial charge in [-0.2, -0.15) is 0 Å². The molecule has 1 fully saturated rings. The van der Waals surface area contributed by atoms with Gasteiger partial charge >= 0.3 is 0 Å². The van der Waals surface area contributed by atoms with Gasteiger partial charge in [-0.05, 0) is 51.0 Å². The maximum atomic E-state index is 12.3. The maximum absolute atomic E-state index is 12.3. The first-order valence-corrected chi connectivity index (χ1v) is 6.64. The number of amides is 1. The van der Waals surface area contributed by atoms with Crippen LogP contribution in [0.4, 0.5) is 0 Å². The number of carbonyl (C=O) groups is 1. The van der Waals surface area contributed by atoms with Gasteiger partial charge in [0.2, 0.25) is 5.91 Å². The normalized spacial score (nSPS) is 23.2. The van der Waals surface area contributed by atoms with Crippen molar-refractivity contribution in [3.05, 3.63) is 24.0 Å². The molecule has 4 nitrogen and oxygen atoms in total. The zero-order chi connectivity index (χ0) is 11.9. The van der Waals surface area contributed by atoms with Crippen LogP contribution in [0.25, 0.3) is 0 Å². The van der Waals surface area contributed by atoms with Crippen LogP contribution in [0.2, 0.25) is 0 Å². The highest BCUT2D eigenvalue weighted by molar-refractivity contribution is 7.98. The van der Waals surface area contributed by atoms with Gasteiger partial charge in [-0.1, -0.05) is 0 Å². The smallest absolute Gasteiger partial charge is 0.240 e. The van der Waals surface area contributed by atoms with Crippen molar-refractivity contribution in [1.29, 1.82) is 0 Å². The van der Waals surface area contributed by atoms with Gasteiger partial charge in [0.25, 0.3) is 0 Å². The molecule has 0 aliphatic carbocycles. The quantitative estimate of drug-likeness (QED) is 0.701. The molecule has 3 heterocycles. The minimum Gasteiger partial charge on any atom is -0.306 e. The Labute approximate surface area is 105 Å². The molecular formula is C12H15N3OS. The third-order valence-corrected chi connectivity index (χ3v) is 4.69. The Morgan fingerprint density at radius 2 is 2.24 bits per heavy atom. The number of aromatic nitrogens is 1. The van der Waals surface area contributed by atoms with Gasteiger partial charge in [0.15, 0.2) is 0 Å². The molecule has 1 amide bonds. The van der Waals surface area contributed by atoms with Crippen LogP contribution in [-0.4, -0.2) is 35.9 Å². The summed E-state index contributed by atoms with van der Waals surface area (Å²) in [4.78, 5) is 19.9. The van der Waals surface area contributed by atoms with E-state index in [4.69, 9.17) is 0 Å². The number of nitrogens with one attached hydrogen (secondary N) is 1. The fraction of sp³-hybridized carbons (Fsp3) is 0.500. The molecule has 1 spiro atoms. The Morgan fingerprint density at radius 3 is 3.00 bits per heavy atom. The van der Waals surface area contributed by atoms with Gasteiger partial charge in [-0.25, -0.2) is 0 Å². The summed E-state index contributed by atoms with van der Waals surface area (Å²) in [6.07, 6.45) is 5.42. The fourth-order valence-corrected chi connectivity index (χ4v) is 3.53. The van der Waals surface area contributed by atoms with E-state index in [-0.39, 0.29) is 11.3 Å². The van der Waals surface area contributed by atoms with Crippen molar-refractivity contribution in [3.63, 3.8) is 0 Å². The van der Waals surface area contributed by atoms with Crippen LogP contribution >= 0.6 is 11.9 Å². The van der Waals surface area contributed by atoms with E-state index in [1.54, 1.807) is 6.20 Å². The van der Waals surface area contributed by atoms with Gasteiger partial charge in [0.05, 0.1) is 5.41 Å². The lowest BCUT2D eigenvalue weighted by molar-refractivity contribution is -0.126. The highest BCUT2D eigenvalue weighted by Crippen LogP contribution is 2.43. The number of pyridine rings is 1. The minimum absolute atomic E-state index is 0.149. The van der Waals surface area contributed by atoms with Crippen LogP contribution in [0, 0.1) is 0 Å². The molecule has 0 unspecified atom stereocenters. The Balaban J connectivity index is 2.06. The van der Waals surface area contributed by atoms with E-state index in [0.717, 1.165) is 36.4 Å². The highest BCUT2D eigenvalue weighted by atomic mass is 32.2. The van der Waals surface area contributed by atoms with Gasteiger partial charge in [-0.3, -0.25) is 14.5 Å². The summed E-state index contributed by atoms with van der Waals surface area (Å²) in [6.45, 7) is 1.93. The summed E-state index contributed by atoms with van der Waals surface area (Å²) in [5, 5.41) is 0. The Morgan fingerprint density at radius 1 is 1.47 bits per heavy atom. The summed E-state index contributed by atoms with van der Waals surface area (Å²) in [5.41, 5.74) is 0.767. The van der Waals surface area contributed by atoms with E-state index >= 15 is 0 Å². The SMILES string of the molecule is CN1CCC2(CC1)C(=O)NSc1ccncc12. The Bertz CT molecular complexity index is 455. The number of piperidine rings is 1. The van der Waals surface area contributed by atoms with Crippen LogP contribution in [0.1, 0.15) is 18.4 Å². The molecule has 1 aromatic rings. The molecule has 0 bridgehead atoms. The van der Waals surface area contributed by atoms with Gasteiger partial charge in [-0.15, -0.1) is 0 Å². The summed E-state index contributed by atoms with van der Waals surface area (Å²) >= 11 is 1.41. The molecule has 2 aliphatic heterocycles. The maximum Gasteiger partial charge on any atom is 0.240 e. The predicted molar refractivity (Wildman–Crippen MR) is 66.6 cm³/mol.